The number of imidazole rings is 1. The van der Waals surface area contributed by atoms with E-state index in [0.717, 1.165) is 38.1 Å². The van der Waals surface area contributed by atoms with Crippen LogP contribution in [-0.2, 0) is 6.18 Å². The van der Waals surface area contributed by atoms with Gasteiger partial charge in [-0.05, 0) is 38.8 Å². The Hall–Kier alpha value is -2.02. The largest absolute Gasteiger partial charge is 0.416 e. The van der Waals surface area contributed by atoms with Crippen molar-refractivity contribution in [1.82, 2.24) is 14.5 Å². The van der Waals surface area contributed by atoms with Crippen LogP contribution in [-0.4, -0.2) is 33.6 Å². The molecule has 1 fully saturated rings. The summed E-state index contributed by atoms with van der Waals surface area (Å²) in [4.78, 5) is 17.3. The Labute approximate surface area is 144 Å². The normalized spacial score (nSPS) is 17.4. The van der Waals surface area contributed by atoms with Gasteiger partial charge in [0.2, 0.25) is 0 Å². The lowest BCUT2D eigenvalue weighted by atomic mass is 10.0. The molecule has 0 saturated carbocycles. The summed E-state index contributed by atoms with van der Waals surface area (Å²) in [5.41, 5.74) is -0.202. The molecule has 0 unspecified atom stereocenters. The van der Waals surface area contributed by atoms with E-state index >= 15 is 0 Å². The van der Waals surface area contributed by atoms with Crippen LogP contribution >= 0.6 is 0 Å². The van der Waals surface area contributed by atoms with Crippen LogP contribution in [0.5, 0.6) is 0 Å². The van der Waals surface area contributed by atoms with E-state index in [-0.39, 0.29) is 11.7 Å². The molecule has 1 saturated heterocycles. The maximum atomic E-state index is 12.9. The van der Waals surface area contributed by atoms with Crippen LogP contribution in [0.15, 0.2) is 35.3 Å². The number of aromatic amines is 1. The predicted molar refractivity (Wildman–Crippen MR) is 90.5 cm³/mol. The molecule has 1 aliphatic heterocycles. The van der Waals surface area contributed by atoms with Crippen molar-refractivity contribution in [2.45, 2.75) is 44.9 Å². The van der Waals surface area contributed by atoms with Gasteiger partial charge in [-0.2, -0.15) is 13.2 Å². The molecule has 1 aromatic carbocycles. The van der Waals surface area contributed by atoms with Crippen molar-refractivity contribution in [2.75, 3.05) is 13.1 Å². The van der Waals surface area contributed by atoms with E-state index in [1.54, 1.807) is 16.8 Å². The summed E-state index contributed by atoms with van der Waals surface area (Å²) < 4.78 is 40.3. The summed E-state index contributed by atoms with van der Waals surface area (Å²) in [6.45, 7) is 6.13. The molecular weight excluding hydrogens is 331 g/mol. The minimum Gasteiger partial charge on any atom is -0.306 e. The van der Waals surface area contributed by atoms with E-state index < -0.39 is 11.7 Å². The smallest absolute Gasteiger partial charge is 0.306 e. The fourth-order valence-electron chi connectivity index (χ4n) is 3.37. The number of hydrogen-bond acceptors (Lipinski definition) is 2. The summed E-state index contributed by atoms with van der Waals surface area (Å²) in [5.74, 6) is 0. The SMILES string of the molecule is CC(C)N1CCC(n2cc(-c3cccc(C(F)(F)F)c3)[nH]c2=O)CC1. The van der Waals surface area contributed by atoms with Gasteiger partial charge in [-0.1, -0.05) is 12.1 Å². The van der Waals surface area contributed by atoms with Gasteiger partial charge < -0.3 is 9.88 Å². The van der Waals surface area contributed by atoms with Crippen molar-refractivity contribution in [3.8, 4) is 11.3 Å². The first-order valence-corrected chi connectivity index (χ1v) is 8.48. The molecule has 25 heavy (non-hydrogen) atoms. The number of likely N-dealkylation sites (tertiary alicyclic amines) is 1. The molecule has 0 amide bonds. The summed E-state index contributed by atoms with van der Waals surface area (Å²) in [5, 5.41) is 0. The van der Waals surface area contributed by atoms with E-state index in [0.29, 0.717) is 17.3 Å². The molecule has 136 valence electrons. The number of rotatable bonds is 3. The van der Waals surface area contributed by atoms with Gasteiger partial charge in [-0.15, -0.1) is 0 Å². The third-order valence-electron chi connectivity index (χ3n) is 4.87. The Morgan fingerprint density at radius 1 is 1.20 bits per heavy atom. The maximum absolute atomic E-state index is 12.9. The summed E-state index contributed by atoms with van der Waals surface area (Å²) in [6, 6.07) is 5.58. The van der Waals surface area contributed by atoms with Gasteiger partial charge >= 0.3 is 11.9 Å². The van der Waals surface area contributed by atoms with Crippen LogP contribution in [0.2, 0.25) is 0 Å². The van der Waals surface area contributed by atoms with Crippen LogP contribution in [0.3, 0.4) is 0 Å². The van der Waals surface area contributed by atoms with Gasteiger partial charge in [0, 0.05) is 36.9 Å². The van der Waals surface area contributed by atoms with Crippen molar-refractivity contribution in [1.29, 1.82) is 0 Å². The fraction of sp³-hybridized carbons (Fsp3) is 0.500. The molecule has 1 aromatic heterocycles. The van der Waals surface area contributed by atoms with Gasteiger partial charge in [0.05, 0.1) is 11.3 Å². The molecule has 0 spiro atoms. The van der Waals surface area contributed by atoms with Gasteiger partial charge in [-0.3, -0.25) is 4.57 Å². The van der Waals surface area contributed by atoms with E-state index in [1.807, 2.05) is 0 Å². The lowest BCUT2D eigenvalue weighted by Crippen LogP contribution is -2.40. The second-order valence-electron chi connectivity index (χ2n) is 6.82. The highest BCUT2D eigenvalue weighted by molar-refractivity contribution is 5.59. The Bertz CT molecular complexity index is 783. The average Bonchev–Trinajstić information content (AvgIpc) is 2.96. The minimum absolute atomic E-state index is 0.0818. The summed E-state index contributed by atoms with van der Waals surface area (Å²) in [6.07, 6.45) is -1.04. The number of H-pyrrole nitrogens is 1. The highest BCUT2D eigenvalue weighted by Crippen LogP contribution is 2.32. The molecular formula is C18H22F3N3O. The maximum Gasteiger partial charge on any atom is 0.416 e. The van der Waals surface area contributed by atoms with Crippen molar-refractivity contribution < 1.29 is 13.2 Å². The fourth-order valence-corrected chi connectivity index (χ4v) is 3.37. The van der Waals surface area contributed by atoms with Crippen molar-refractivity contribution >= 4 is 0 Å². The number of benzene rings is 1. The van der Waals surface area contributed by atoms with Crippen LogP contribution in [0.25, 0.3) is 11.3 Å². The van der Waals surface area contributed by atoms with Crippen LogP contribution < -0.4 is 5.69 Å². The quantitative estimate of drug-likeness (QED) is 0.909. The van der Waals surface area contributed by atoms with E-state index in [4.69, 9.17) is 0 Å². The zero-order chi connectivity index (χ0) is 18.2. The van der Waals surface area contributed by atoms with Gasteiger partial charge in [0.25, 0.3) is 0 Å². The van der Waals surface area contributed by atoms with Gasteiger partial charge in [0.15, 0.2) is 0 Å². The van der Waals surface area contributed by atoms with Gasteiger partial charge in [0.1, 0.15) is 0 Å². The average molecular weight is 353 g/mol. The minimum atomic E-state index is -4.40. The van der Waals surface area contributed by atoms with Crippen LogP contribution in [0.4, 0.5) is 13.2 Å². The number of alkyl halides is 3. The second kappa shape index (κ2) is 6.71. The molecule has 0 bridgehead atoms. The molecule has 1 N–H and O–H groups in total. The third kappa shape index (κ3) is 3.81. The number of nitrogens with one attached hydrogen (secondary N) is 1. The number of nitrogens with zero attached hydrogens (tertiary/aromatic N) is 2. The molecule has 0 aliphatic carbocycles. The van der Waals surface area contributed by atoms with Crippen LogP contribution in [0, 0.1) is 0 Å². The Morgan fingerprint density at radius 2 is 1.88 bits per heavy atom. The van der Waals surface area contributed by atoms with Crippen molar-refractivity contribution in [3.63, 3.8) is 0 Å². The molecule has 4 nitrogen and oxygen atoms in total. The molecule has 2 heterocycles. The summed E-state index contributed by atoms with van der Waals surface area (Å²) in [7, 11) is 0. The predicted octanol–water partition coefficient (Wildman–Crippen LogP) is 3.91. The zero-order valence-electron chi connectivity index (χ0n) is 14.3. The lowest BCUT2D eigenvalue weighted by Gasteiger charge is -2.34. The number of hydrogen-bond donors (Lipinski definition) is 1. The molecule has 0 radical (unpaired) electrons. The number of halogens is 3. The number of aromatic nitrogens is 2. The molecule has 7 heteroatoms. The Morgan fingerprint density at radius 3 is 2.48 bits per heavy atom. The number of piperidine rings is 1. The summed E-state index contributed by atoms with van der Waals surface area (Å²) >= 11 is 0. The van der Waals surface area contributed by atoms with Crippen molar-refractivity contribution in [3.05, 3.63) is 46.5 Å². The molecule has 3 rings (SSSR count). The Balaban J connectivity index is 1.83. The molecule has 1 aliphatic rings. The lowest BCUT2D eigenvalue weighted by molar-refractivity contribution is -0.137. The molecule has 2 aromatic rings. The third-order valence-corrected chi connectivity index (χ3v) is 4.87. The zero-order valence-corrected chi connectivity index (χ0v) is 14.3. The topological polar surface area (TPSA) is 41.0 Å². The van der Waals surface area contributed by atoms with E-state index in [2.05, 4.69) is 23.7 Å². The monoisotopic (exact) mass is 353 g/mol. The first-order valence-electron chi connectivity index (χ1n) is 8.48. The Kier molecular flexibility index (Phi) is 4.77. The first-order chi connectivity index (χ1) is 11.8. The van der Waals surface area contributed by atoms with Crippen LogP contribution in [0.1, 0.15) is 38.3 Å². The first kappa shape index (κ1) is 17.8. The standard InChI is InChI=1S/C18H22F3N3O/c1-12(2)23-8-6-15(7-9-23)24-11-16(22-17(24)25)13-4-3-5-14(10-13)18(19,20)21/h3-5,10-12,15H,6-9H2,1-2H3,(H,22,25). The van der Waals surface area contributed by atoms with E-state index in [9.17, 15) is 18.0 Å². The van der Waals surface area contributed by atoms with E-state index in [1.165, 1.54) is 6.07 Å². The van der Waals surface area contributed by atoms with Crippen molar-refractivity contribution in [2.24, 2.45) is 0 Å². The second-order valence-corrected chi connectivity index (χ2v) is 6.82. The highest BCUT2D eigenvalue weighted by Gasteiger charge is 2.30. The highest BCUT2D eigenvalue weighted by atomic mass is 19.4. The molecule has 0 atom stereocenters. The van der Waals surface area contributed by atoms with Gasteiger partial charge in [-0.25, -0.2) is 4.79 Å².